The lowest BCUT2D eigenvalue weighted by molar-refractivity contribution is 0.677. The molecule has 5 heteroatoms. The van der Waals surface area contributed by atoms with E-state index in [4.69, 9.17) is 5.73 Å². The van der Waals surface area contributed by atoms with Crippen LogP contribution in [0.4, 0.5) is 5.69 Å². The lowest BCUT2D eigenvalue weighted by atomic mass is 10.1. The molecule has 0 atom stereocenters. The average molecular weight is 280 g/mol. The zero-order valence-corrected chi connectivity index (χ0v) is 12.0. The Morgan fingerprint density at radius 1 is 1.19 bits per heavy atom. The molecule has 1 aromatic carbocycles. The molecule has 0 aliphatic heterocycles. The van der Waals surface area contributed by atoms with Crippen LogP contribution in [0.15, 0.2) is 41.5 Å². The third-order valence-electron chi connectivity index (χ3n) is 3.74. The maximum Gasteiger partial charge on any atom is 0.207 e. The van der Waals surface area contributed by atoms with Crippen LogP contribution >= 0.6 is 0 Å². The SMILES string of the molecule is Cc1cnc(Cn2ncc(=O)c3ccccc32)c(C)c1N. The Morgan fingerprint density at radius 2 is 1.95 bits per heavy atom. The first kappa shape index (κ1) is 13.3. The van der Waals surface area contributed by atoms with Crippen molar-refractivity contribution in [3.8, 4) is 0 Å². The van der Waals surface area contributed by atoms with Crippen molar-refractivity contribution in [3.63, 3.8) is 0 Å². The number of fused-ring (bicyclic) bond motifs is 1. The molecule has 5 nitrogen and oxygen atoms in total. The minimum Gasteiger partial charge on any atom is -0.398 e. The number of nitrogens with two attached hydrogens (primary N) is 1. The summed E-state index contributed by atoms with van der Waals surface area (Å²) in [5.41, 5.74) is 10.3. The van der Waals surface area contributed by atoms with Crippen LogP contribution in [0.5, 0.6) is 0 Å². The largest absolute Gasteiger partial charge is 0.398 e. The molecule has 0 fully saturated rings. The van der Waals surface area contributed by atoms with Gasteiger partial charge in [0.1, 0.15) is 0 Å². The van der Waals surface area contributed by atoms with E-state index >= 15 is 0 Å². The van der Waals surface area contributed by atoms with Crippen molar-refractivity contribution in [3.05, 3.63) is 63.7 Å². The Kier molecular flexibility index (Phi) is 3.17. The van der Waals surface area contributed by atoms with Crippen LogP contribution in [0.25, 0.3) is 10.9 Å². The van der Waals surface area contributed by atoms with Crippen molar-refractivity contribution >= 4 is 16.6 Å². The minimum absolute atomic E-state index is 0.0741. The van der Waals surface area contributed by atoms with Crippen LogP contribution < -0.4 is 11.2 Å². The van der Waals surface area contributed by atoms with Gasteiger partial charge in [0.2, 0.25) is 5.43 Å². The Labute approximate surface area is 122 Å². The van der Waals surface area contributed by atoms with E-state index in [1.54, 1.807) is 16.9 Å². The quantitative estimate of drug-likeness (QED) is 0.779. The molecule has 2 heterocycles. The van der Waals surface area contributed by atoms with Crippen molar-refractivity contribution < 1.29 is 0 Å². The molecule has 2 N–H and O–H groups in total. The maximum absolute atomic E-state index is 11.8. The first-order chi connectivity index (χ1) is 10.1. The summed E-state index contributed by atoms with van der Waals surface area (Å²) in [6.07, 6.45) is 3.11. The van der Waals surface area contributed by atoms with E-state index in [1.165, 1.54) is 6.20 Å². The van der Waals surface area contributed by atoms with Crippen LogP contribution in [0.2, 0.25) is 0 Å². The van der Waals surface area contributed by atoms with Crippen molar-refractivity contribution in [2.45, 2.75) is 20.4 Å². The molecule has 0 aliphatic carbocycles. The zero-order valence-electron chi connectivity index (χ0n) is 12.0. The fourth-order valence-electron chi connectivity index (χ4n) is 2.38. The number of aryl methyl sites for hydroxylation is 1. The smallest absolute Gasteiger partial charge is 0.207 e. The van der Waals surface area contributed by atoms with E-state index in [9.17, 15) is 4.79 Å². The monoisotopic (exact) mass is 280 g/mol. The number of anilines is 1. The van der Waals surface area contributed by atoms with Crippen LogP contribution in [0.1, 0.15) is 16.8 Å². The van der Waals surface area contributed by atoms with Gasteiger partial charge >= 0.3 is 0 Å². The summed E-state index contributed by atoms with van der Waals surface area (Å²) < 4.78 is 1.78. The number of hydrogen-bond acceptors (Lipinski definition) is 4. The number of rotatable bonds is 2. The lowest BCUT2D eigenvalue weighted by Crippen LogP contribution is -2.14. The molecule has 0 saturated heterocycles. The molecule has 0 spiro atoms. The van der Waals surface area contributed by atoms with E-state index in [-0.39, 0.29) is 5.43 Å². The Morgan fingerprint density at radius 3 is 2.76 bits per heavy atom. The fraction of sp³-hybridized carbons (Fsp3) is 0.188. The second-order valence-electron chi connectivity index (χ2n) is 5.11. The summed E-state index contributed by atoms with van der Waals surface area (Å²) in [7, 11) is 0. The summed E-state index contributed by atoms with van der Waals surface area (Å²) >= 11 is 0. The van der Waals surface area contributed by atoms with E-state index in [1.807, 2.05) is 32.0 Å². The number of nitrogens with zero attached hydrogens (tertiary/aromatic N) is 3. The van der Waals surface area contributed by atoms with Gasteiger partial charge in [-0.3, -0.25) is 14.5 Å². The van der Waals surface area contributed by atoms with Crippen LogP contribution in [0, 0.1) is 13.8 Å². The molecule has 21 heavy (non-hydrogen) atoms. The standard InChI is InChI=1S/C16H16N4O/c1-10-7-18-13(11(2)16(10)17)9-20-14-6-4-3-5-12(14)15(21)8-19-20/h3-8H,9H2,1-2H3,(H2,17,18). The van der Waals surface area contributed by atoms with Gasteiger partial charge in [-0.2, -0.15) is 5.10 Å². The zero-order chi connectivity index (χ0) is 15.0. The summed E-state index contributed by atoms with van der Waals surface area (Å²) in [5.74, 6) is 0. The third kappa shape index (κ3) is 2.27. The van der Waals surface area contributed by atoms with Crippen molar-refractivity contribution in [1.82, 2.24) is 14.8 Å². The van der Waals surface area contributed by atoms with E-state index in [2.05, 4.69) is 10.1 Å². The molecule has 106 valence electrons. The highest BCUT2D eigenvalue weighted by atomic mass is 16.1. The number of benzene rings is 1. The molecular weight excluding hydrogens is 264 g/mol. The van der Waals surface area contributed by atoms with Crippen LogP contribution in [-0.2, 0) is 6.54 Å². The molecule has 2 aromatic heterocycles. The summed E-state index contributed by atoms with van der Waals surface area (Å²) in [5, 5.41) is 4.88. The first-order valence-electron chi connectivity index (χ1n) is 6.73. The lowest BCUT2D eigenvalue weighted by Gasteiger charge is -2.12. The fourth-order valence-corrected chi connectivity index (χ4v) is 2.38. The van der Waals surface area contributed by atoms with Gasteiger partial charge in [-0.25, -0.2) is 0 Å². The number of para-hydroxylation sites is 1. The second kappa shape index (κ2) is 5.01. The predicted octanol–water partition coefficient (Wildman–Crippen LogP) is 2.04. The maximum atomic E-state index is 11.8. The van der Waals surface area contributed by atoms with Crippen molar-refractivity contribution in [2.24, 2.45) is 0 Å². The Hall–Kier alpha value is -2.69. The van der Waals surface area contributed by atoms with E-state index in [0.29, 0.717) is 11.9 Å². The van der Waals surface area contributed by atoms with E-state index < -0.39 is 0 Å². The predicted molar refractivity (Wildman–Crippen MR) is 83.2 cm³/mol. The van der Waals surface area contributed by atoms with Gasteiger partial charge in [0.15, 0.2) is 0 Å². The number of hydrogen-bond donors (Lipinski definition) is 1. The Bertz CT molecular complexity index is 883. The molecule has 3 aromatic rings. The first-order valence-corrected chi connectivity index (χ1v) is 6.73. The second-order valence-corrected chi connectivity index (χ2v) is 5.11. The van der Waals surface area contributed by atoms with Gasteiger partial charge in [0.25, 0.3) is 0 Å². The molecule has 0 amide bonds. The molecule has 0 unspecified atom stereocenters. The molecule has 0 aliphatic rings. The topological polar surface area (TPSA) is 73.8 Å². The van der Waals surface area contributed by atoms with Gasteiger partial charge in [-0.05, 0) is 37.1 Å². The highest BCUT2D eigenvalue weighted by Gasteiger charge is 2.09. The molecule has 0 bridgehead atoms. The van der Waals surface area contributed by atoms with Crippen molar-refractivity contribution in [1.29, 1.82) is 0 Å². The van der Waals surface area contributed by atoms with E-state index in [0.717, 1.165) is 28.0 Å². The van der Waals surface area contributed by atoms with Gasteiger partial charge in [-0.1, -0.05) is 12.1 Å². The van der Waals surface area contributed by atoms with Gasteiger partial charge in [0, 0.05) is 17.3 Å². The highest BCUT2D eigenvalue weighted by molar-refractivity contribution is 5.78. The van der Waals surface area contributed by atoms with Gasteiger partial charge in [-0.15, -0.1) is 0 Å². The molecular formula is C16H16N4O. The highest BCUT2D eigenvalue weighted by Crippen LogP contribution is 2.19. The summed E-state index contributed by atoms with van der Waals surface area (Å²) in [6, 6.07) is 7.43. The van der Waals surface area contributed by atoms with Crippen molar-refractivity contribution in [2.75, 3.05) is 5.73 Å². The molecule has 0 saturated carbocycles. The minimum atomic E-state index is -0.0741. The van der Waals surface area contributed by atoms with Crippen LogP contribution in [0.3, 0.4) is 0 Å². The Balaban J connectivity index is 2.13. The third-order valence-corrected chi connectivity index (χ3v) is 3.74. The van der Waals surface area contributed by atoms with Gasteiger partial charge in [0.05, 0.1) is 24.0 Å². The number of aromatic nitrogens is 3. The molecule has 0 radical (unpaired) electrons. The average Bonchev–Trinajstić information content (AvgIpc) is 2.50. The number of pyridine rings is 1. The number of nitrogen functional groups attached to an aromatic ring is 1. The van der Waals surface area contributed by atoms with Gasteiger partial charge < -0.3 is 5.73 Å². The summed E-state index contributed by atoms with van der Waals surface area (Å²) in [4.78, 5) is 16.3. The summed E-state index contributed by atoms with van der Waals surface area (Å²) in [6.45, 7) is 4.37. The van der Waals surface area contributed by atoms with Crippen LogP contribution in [-0.4, -0.2) is 14.8 Å². The normalized spacial score (nSPS) is 11.0. The molecule has 3 rings (SSSR count).